The van der Waals surface area contributed by atoms with Gasteiger partial charge in [-0.1, -0.05) is 0 Å². The fourth-order valence-corrected chi connectivity index (χ4v) is 1.44. The van der Waals surface area contributed by atoms with E-state index in [1.54, 1.807) is 6.92 Å². The van der Waals surface area contributed by atoms with Gasteiger partial charge in [-0.25, -0.2) is 0 Å². The van der Waals surface area contributed by atoms with Gasteiger partial charge in [-0.3, -0.25) is 0 Å². The predicted molar refractivity (Wildman–Crippen MR) is 51.8 cm³/mol. The molecule has 0 radical (unpaired) electrons. The predicted octanol–water partition coefficient (Wildman–Crippen LogP) is -0.713. The van der Waals surface area contributed by atoms with Crippen molar-refractivity contribution in [1.29, 1.82) is 0 Å². The molecule has 4 heteroatoms. The normalized spacial score (nSPS) is 27.5. The van der Waals surface area contributed by atoms with Crippen molar-refractivity contribution >= 4 is 0 Å². The highest BCUT2D eigenvalue weighted by molar-refractivity contribution is 4.71. The van der Waals surface area contributed by atoms with Crippen LogP contribution < -0.4 is 5.32 Å². The maximum Gasteiger partial charge on any atom is 0.0826 e. The molecule has 0 bridgehead atoms. The van der Waals surface area contributed by atoms with Gasteiger partial charge in [0.05, 0.1) is 18.8 Å². The zero-order chi connectivity index (χ0) is 9.68. The Kier molecular flexibility index (Phi) is 4.66. The SMILES string of the molecule is C[C@H](O)CNCC1CN(C)CCO1. The van der Waals surface area contributed by atoms with E-state index in [-0.39, 0.29) is 12.2 Å². The lowest BCUT2D eigenvalue weighted by molar-refractivity contribution is -0.0189. The molecule has 1 rings (SSSR count). The molecule has 1 aliphatic rings. The van der Waals surface area contributed by atoms with Gasteiger partial charge in [-0.05, 0) is 14.0 Å². The van der Waals surface area contributed by atoms with Crippen LogP contribution in [-0.4, -0.2) is 62.0 Å². The molecule has 13 heavy (non-hydrogen) atoms. The van der Waals surface area contributed by atoms with Crippen LogP contribution in [-0.2, 0) is 4.74 Å². The van der Waals surface area contributed by atoms with Crippen molar-refractivity contribution in [3.05, 3.63) is 0 Å². The molecule has 0 saturated carbocycles. The number of hydrogen-bond donors (Lipinski definition) is 2. The van der Waals surface area contributed by atoms with E-state index < -0.39 is 0 Å². The van der Waals surface area contributed by atoms with Crippen molar-refractivity contribution in [2.24, 2.45) is 0 Å². The third-order valence-electron chi connectivity index (χ3n) is 2.15. The second-order valence-corrected chi connectivity index (χ2v) is 3.76. The van der Waals surface area contributed by atoms with Crippen LogP contribution in [0.25, 0.3) is 0 Å². The topological polar surface area (TPSA) is 44.7 Å². The Bertz CT molecular complexity index is 142. The highest BCUT2D eigenvalue weighted by atomic mass is 16.5. The molecule has 1 heterocycles. The van der Waals surface area contributed by atoms with E-state index in [0.717, 1.165) is 26.2 Å². The number of nitrogens with one attached hydrogen (secondary N) is 1. The minimum absolute atomic E-state index is 0.275. The summed E-state index contributed by atoms with van der Waals surface area (Å²) >= 11 is 0. The van der Waals surface area contributed by atoms with Crippen LogP contribution in [0.5, 0.6) is 0 Å². The zero-order valence-electron chi connectivity index (χ0n) is 8.49. The van der Waals surface area contributed by atoms with Crippen molar-refractivity contribution in [3.8, 4) is 0 Å². The van der Waals surface area contributed by atoms with Gasteiger partial charge in [-0.15, -0.1) is 0 Å². The molecule has 1 fully saturated rings. The van der Waals surface area contributed by atoms with E-state index in [9.17, 15) is 0 Å². The van der Waals surface area contributed by atoms with Gasteiger partial charge in [0.15, 0.2) is 0 Å². The summed E-state index contributed by atoms with van der Waals surface area (Å²) in [6, 6.07) is 0. The summed E-state index contributed by atoms with van der Waals surface area (Å²) in [4.78, 5) is 2.26. The van der Waals surface area contributed by atoms with Crippen LogP contribution in [0, 0.1) is 0 Å². The van der Waals surface area contributed by atoms with Crippen molar-refractivity contribution in [2.45, 2.75) is 19.1 Å². The first-order chi connectivity index (χ1) is 6.18. The standard InChI is InChI=1S/C9H20N2O2/c1-8(12)5-10-6-9-7-11(2)3-4-13-9/h8-10,12H,3-7H2,1-2H3/t8-,9?/m0/s1. The van der Waals surface area contributed by atoms with Gasteiger partial charge >= 0.3 is 0 Å². The molecule has 0 aromatic carbocycles. The molecule has 0 aliphatic carbocycles. The van der Waals surface area contributed by atoms with Crippen LogP contribution in [0.15, 0.2) is 0 Å². The fourth-order valence-electron chi connectivity index (χ4n) is 1.44. The number of ether oxygens (including phenoxy) is 1. The number of nitrogens with zero attached hydrogens (tertiary/aromatic N) is 1. The molecule has 1 saturated heterocycles. The van der Waals surface area contributed by atoms with Crippen molar-refractivity contribution < 1.29 is 9.84 Å². The Labute approximate surface area is 79.9 Å². The molecule has 0 aromatic rings. The van der Waals surface area contributed by atoms with Crippen LogP contribution in [0.1, 0.15) is 6.92 Å². The van der Waals surface area contributed by atoms with E-state index in [1.165, 1.54) is 0 Å². The average molecular weight is 188 g/mol. The smallest absolute Gasteiger partial charge is 0.0826 e. The van der Waals surface area contributed by atoms with Crippen LogP contribution >= 0.6 is 0 Å². The molecule has 1 aliphatic heterocycles. The molecule has 2 N–H and O–H groups in total. The Hall–Kier alpha value is -0.160. The van der Waals surface area contributed by atoms with Crippen molar-refractivity contribution in [3.63, 3.8) is 0 Å². The molecule has 2 atom stereocenters. The second-order valence-electron chi connectivity index (χ2n) is 3.76. The number of likely N-dealkylation sites (N-methyl/N-ethyl adjacent to an activating group) is 1. The first kappa shape index (κ1) is 10.9. The summed E-state index contributed by atoms with van der Waals surface area (Å²) < 4.78 is 5.54. The number of rotatable bonds is 4. The summed E-state index contributed by atoms with van der Waals surface area (Å²) in [5.74, 6) is 0. The zero-order valence-corrected chi connectivity index (χ0v) is 8.49. The maximum absolute atomic E-state index is 9.02. The van der Waals surface area contributed by atoms with Crippen LogP contribution in [0.2, 0.25) is 0 Å². The van der Waals surface area contributed by atoms with Gasteiger partial charge in [0, 0.05) is 26.2 Å². The monoisotopic (exact) mass is 188 g/mol. The largest absolute Gasteiger partial charge is 0.392 e. The summed E-state index contributed by atoms with van der Waals surface area (Å²) in [6.45, 7) is 6.07. The average Bonchev–Trinajstić information content (AvgIpc) is 2.03. The highest BCUT2D eigenvalue weighted by Crippen LogP contribution is 2.01. The molecule has 0 aromatic heterocycles. The second kappa shape index (κ2) is 5.54. The molecule has 78 valence electrons. The molecule has 1 unspecified atom stereocenters. The lowest BCUT2D eigenvalue weighted by atomic mass is 10.3. The summed E-state index contributed by atoms with van der Waals surface area (Å²) in [5.41, 5.74) is 0. The molecular weight excluding hydrogens is 168 g/mol. The first-order valence-electron chi connectivity index (χ1n) is 4.87. The van der Waals surface area contributed by atoms with Crippen LogP contribution in [0.4, 0.5) is 0 Å². The van der Waals surface area contributed by atoms with Gasteiger partial charge in [0.1, 0.15) is 0 Å². The fraction of sp³-hybridized carbons (Fsp3) is 1.00. The van der Waals surface area contributed by atoms with Crippen LogP contribution in [0.3, 0.4) is 0 Å². The Morgan fingerprint density at radius 3 is 3.08 bits per heavy atom. The maximum atomic E-state index is 9.02. The van der Waals surface area contributed by atoms with E-state index in [0.29, 0.717) is 6.54 Å². The quantitative estimate of drug-likeness (QED) is 0.611. The van der Waals surface area contributed by atoms with E-state index >= 15 is 0 Å². The highest BCUT2D eigenvalue weighted by Gasteiger charge is 2.16. The molecule has 0 amide bonds. The minimum atomic E-state index is -0.277. The molecule has 4 nitrogen and oxygen atoms in total. The van der Waals surface area contributed by atoms with E-state index in [4.69, 9.17) is 9.84 Å². The van der Waals surface area contributed by atoms with E-state index in [1.807, 2.05) is 0 Å². The van der Waals surface area contributed by atoms with Gasteiger partial charge in [0.2, 0.25) is 0 Å². The minimum Gasteiger partial charge on any atom is -0.392 e. The van der Waals surface area contributed by atoms with Gasteiger partial charge in [0.25, 0.3) is 0 Å². The third-order valence-corrected chi connectivity index (χ3v) is 2.15. The molecular formula is C9H20N2O2. The summed E-state index contributed by atoms with van der Waals surface area (Å²) in [6.07, 6.45) is -0.00109. The van der Waals surface area contributed by atoms with Gasteiger partial charge < -0.3 is 20.1 Å². The Morgan fingerprint density at radius 1 is 1.69 bits per heavy atom. The summed E-state index contributed by atoms with van der Waals surface area (Å²) in [7, 11) is 2.10. The van der Waals surface area contributed by atoms with E-state index in [2.05, 4.69) is 17.3 Å². The first-order valence-corrected chi connectivity index (χ1v) is 4.87. The number of morpholine rings is 1. The molecule has 0 spiro atoms. The number of aliphatic hydroxyl groups is 1. The van der Waals surface area contributed by atoms with Crippen molar-refractivity contribution in [1.82, 2.24) is 10.2 Å². The lowest BCUT2D eigenvalue weighted by Gasteiger charge is -2.30. The lowest BCUT2D eigenvalue weighted by Crippen LogP contribution is -2.45. The Balaban J connectivity index is 2.06. The number of hydrogen-bond acceptors (Lipinski definition) is 4. The summed E-state index contributed by atoms with van der Waals surface area (Å²) in [5, 5.41) is 12.2. The van der Waals surface area contributed by atoms with Crippen molar-refractivity contribution in [2.75, 3.05) is 39.8 Å². The number of aliphatic hydroxyl groups excluding tert-OH is 1. The van der Waals surface area contributed by atoms with Gasteiger partial charge in [-0.2, -0.15) is 0 Å². The third kappa shape index (κ3) is 4.57. The Morgan fingerprint density at radius 2 is 2.46 bits per heavy atom.